The second-order valence-corrected chi connectivity index (χ2v) is 5.11. The molecule has 0 rings (SSSR count). The van der Waals surface area contributed by atoms with Crippen LogP contribution >= 0.6 is 0 Å². The summed E-state index contributed by atoms with van der Waals surface area (Å²) in [7, 11) is 1.78. The van der Waals surface area contributed by atoms with E-state index in [9.17, 15) is 4.79 Å². The Morgan fingerprint density at radius 1 is 1.10 bits per heavy atom. The van der Waals surface area contributed by atoms with E-state index in [0.29, 0.717) is 19.1 Å². The molecule has 0 radical (unpaired) electrons. The molecular weight excluding hydrogens is 252 g/mol. The number of hydrogen-bond donors (Lipinski definition) is 0. The van der Waals surface area contributed by atoms with Crippen LogP contribution in [0.15, 0.2) is 12.2 Å². The molecular formula is C17H32O3. The minimum atomic E-state index is -0.114. The summed E-state index contributed by atoms with van der Waals surface area (Å²) in [6.45, 7) is 4.53. The fourth-order valence-corrected chi connectivity index (χ4v) is 2.11. The minimum Gasteiger partial charge on any atom is -0.466 e. The number of esters is 1. The lowest BCUT2D eigenvalue weighted by molar-refractivity contribution is -0.142. The summed E-state index contributed by atoms with van der Waals surface area (Å²) < 4.78 is 10.4. The number of hydrogen-bond acceptors (Lipinski definition) is 3. The molecule has 0 aliphatic rings. The predicted octanol–water partition coefficient (Wildman–Crippen LogP) is 4.65. The Morgan fingerprint density at radius 2 is 1.85 bits per heavy atom. The normalized spacial score (nSPS) is 12.8. The highest BCUT2D eigenvalue weighted by Gasteiger charge is 2.04. The third kappa shape index (κ3) is 12.2. The minimum absolute atomic E-state index is 0.114. The van der Waals surface area contributed by atoms with Crippen molar-refractivity contribution in [2.24, 2.45) is 0 Å². The maximum Gasteiger partial charge on any atom is 0.306 e. The van der Waals surface area contributed by atoms with E-state index in [2.05, 4.69) is 19.1 Å². The van der Waals surface area contributed by atoms with Crippen molar-refractivity contribution in [1.29, 1.82) is 0 Å². The molecule has 0 aliphatic carbocycles. The van der Waals surface area contributed by atoms with E-state index in [0.717, 1.165) is 19.3 Å². The largest absolute Gasteiger partial charge is 0.466 e. The summed E-state index contributed by atoms with van der Waals surface area (Å²) in [5, 5.41) is 0. The van der Waals surface area contributed by atoms with Gasteiger partial charge in [0.15, 0.2) is 0 Å². The van der Waals surface area contributed by atoms with Gasteiger partial charge in [-0.1, -0.05) is 51.2 Å². The van der Waals surface area contributed by atoms with Gasteiger partial charge in [0.2, 0.25) is 0 Å². The maximum atomic E-state index is 11.1. The first-order valence-corrected chi connectivity index (χ1v) is 8.07. The van der Waals surface area contributed by atoms with E-state index >= 15 is 0 Å². The monoisotopic (exact) mass is 284 g/mol. The van der Waals surface area contributed by atoms with Crippen molar-refractivity contribution in [3.8, 4) is 0 Å². The number of allylic oxidation sites excluding steroid dienone is 1. The van der Waals surface area contributed by atoms with E-state index in [1.165, 1.54) is 32.1 Å². The molecule has 0 heterocycles. The molecule has 0 aromatic heterocycles. The fourth-order valence-electron chi connectivity index (χ4n) is 2.11. The molecule has 0 saturated heterocycles. The Bertz CT molecular complexity index is 249. The SMILES string of the molecule is CCCCCCC[C@H](C/C=C/CCC(=O)OCC)OC. The number of carbonyl (C=O) groups is 1. The Hall–Kier alpha value is -0.830. The van der Waals surface area contributed by atoms with Crippen LogP contribution in [0.4, 0.5) is 0 Å². The highest BCUT2D eigenvalue weighted by atomic mass is 16.5. The molecule has 0 aliphatic heterocycles. The highest BCUT2D eigenvalue weighted by Crippen LogP contribution is 2.12. The molecule has 1 atom stereocenters. The molecule has 0 aromatic carbocycles. The van der Waals surface area contributed by atoms with Gasteiger partial charge >= 0.3 is 5.97 Å². The van der Waals surface area contributed by atoms with Gasteiger partial charge in [0, 0.05) is 13.5 Å². The van der Waals surface area contributed by atoms with E-state index in [1.807, 2.05) is 6.92 Å². The molecule has 0 saturated carbocycles. The molecule has 20 heavy (non-hydrogen) atoms. The molecule has 0 fully saturated rings. The lowest BCUT2D eigenvalue weighted by Gasteiger charge is -2.12. The predicted molar refractivity (Wildman–Crippen MR) is 83.8 cm³/mol. The van der Waals surface area contributed by atoms with Crippen molar-refractivity contribution >= 4 is 5.97 Å². The number of carbonyl (C=O) groups excluding carboxylic acids is 1. The first kappa shape index (κ1) is 19.2. The van der Waals surface area contributed by atoms with Crippen LogP contribution in [0.1, 0.15) is 71.6 Å². The number of unbranched alkanes of at least 4 members (excludes halogenated alkanes) is 4. The second-order valence-electron chi connectivity index (χ2n) is 5.11. The summed E-state index contributed by atoms with van der Waals surface area (Å²) in [5.74, 6) is -0.114. The first-order chi connectivity index (χ1) is 9.74. The van der Waals surface area contributed by atoms with Gasteiger partial charge in [-0.3, -0.25) is 4.79 Å². The van der Waals surface area contributed by atoms with Crippen LogP contribution in [0.5, 0.6) is 0 Å². The lowest BCUT2D eigenvalue weighted by atomic mass is 10.1. The van der Waals surface area contributed by atoms with Gasteiger partial charge in [-0.2, -0.15) is 0 Å². The fraction of sp³-hybridized carbons (Fsp3) is 0.824. The van der Waals surface area contributed by atoms with E-state index < -0.39 is 0 Å². The van der Waals surface area contributed by atoms with Gasteiger partial charge in [0.05, 0.1) is 12.7 Å². The Morgan fingerprint density at radius 3 is 2.50 bits per heavy atom. The zero-order valence-electron chi connectivity index (χ0n) is 13.5. The Balaban J connectivity index is 3.59. The van der Waals surface area contributed by atoms with Crippen molar-refractivity contribution in [2.75, 3.05) is 13.7 Å². The Kier molecular flexibility index (Phi) is 14.0. The highest BCUT2D eigenvalue weighted by molar-refractivity contribution is 5.69. The molecule has 3 nitrogen and oxygen atoms in total. The topological polar surface area (TPSA) is 35.5 Å². The quantitative estimate of drug-likeness (QED) is 0.280. The summed E-state index contributed by atoms with van der Waals surface area (Å²) in [6, 6.07) is 0. The molecule has 118 valence electrons. The van der Waals surface area contributed by atoms with E-state index in [1.54, 1.807) is 7.11 Å². The van der Waals surface area contributed by atoms with E-state index in [4.69, 9.17) is 9.47 Å². The van der Waals surface area contributed by atoms with Crippen LogP contribution in [0, 0.1) is 0 Å². The van der Waals surface area contributed by atoms with Crippen LogP contribution in [-0.4, -0.2) is 25.8 Å². The van der Waals surface area contributed by atoms with Gasteiger partial charge in [-0.15, -0.1) is 0 Å². The zero-order chi connectivity index (χ0) is 15.1. The van der Waals surface area contributed by atoms with Crippen LogP contribution < -0.4 is 0 Å². The zero-order valence-corrected chi connectivity index (χ0v) is 13.5. The third-order valence-corrected chi connectivity index (χ3v) is 3.35. The van der Waals surface area contributed by atoms with Crippen LogP contribution in [0.2, 0.25) is 0 Å². The van der Waals surface area contributed by atoms with Crippen molar-refractivity contribution < 1.29 is 14.3 Å². The van der Waals surface area contributed by atoms with Crippen LogP contribution in [-0.2, 0) is 14.3 Å². The summed E-state index contributed by atoms with van der Waals surface area (Å²) >= 11 is 0. The average Bonchev–Trinajstić information content (AvgIpc) is 2.44. The molecule has 0 aromatic rings. The van der Waals surface area contributed by atoms with Gasteiger partial charge in [-0.05, 0) is 26.2 Å². The summed E-state index contributed by atoms with van der Waals surface area (Å²) in [4.78, 5) is 11.1. The van der Waals surface area contributed by atoms with Crippen molar-refractivity contribution in [3.05, 3.63) is 12.2 Å². The number of methoxy groups -OCH3 is 1. The standard InChI is InChI=1S/C17H32O3/c1-4-6-7-8-10-13-16(19-3)14-11-9-12-15-17(18)20-5-2/h9,11,16H,4-8,10,12-15H2,1-3H3/b11-9+/t16-/m1/s1. The molecule has 0 bridgehead atoms. The number of rotatable bonds is 13. The van der Waals surface area contributed by atoms with Crippen molar-refractivity contribution in [1.82, 2.24) is 0 Å². The molecule has 0 amide bonds. The maximum absolute atomic E-state index is 11.1. The molecule has 0 unspecified atom stereocenters. The van der Waals surface area contributed by atoms with Gasteiger partial charge in [-0.25, -0.2) is 0 Å². The average molecular weight is 284 g/mol. The number of ether oxygens (including phenoxy) is 2. The summed E-state index contributed by atoms with van der Waals surface area (Å²) in [5.41, 5.74) is 0. The van der Waals surface area contributed by atoms with Gasteiger partial charge in [0.1, 0.15) is 0 Å². The van der Waals surface area contributed by atoms with Crippen LogP contribution in [0.25, 0.3) is 0 Å². The smallest absolute Gasteiger partial charge is 0.306 e. The molecule has 0 N–H and O–H groups in total. The van der Waals surface area contributed by atoms with Crippen molar-refractivity contribution in [3.63, 3.8) is 0 Å². The van der Waals surface area contributed by atoms with Gasteiger partial charge in [0.25, 0.3) is 0 Å². The third-order valence-electron chi connectivity index (χ3n) is 3.35. The Labute approximate surface area is 124 Å². The van der Waals surface area contributed by atoms with Crippen LogP contribution in [0.3, 0.4) is 0 Å². The molecule has 0 spiro atoms. The lowest BCUT2D eigenvalue weighted by Crippen LogP contribution is -2.09. The first-order valence-electron chi connectivity index (χ1n) is 8.07. The van der Waals surface area contributed by atoms with Crippen molar-refractivity contribution in [2.45, 2.75) is 77.7 Å². The molecule has 3 heteroatoms. The second kappa shape index (κ2) is 14.6. The van der Waals surface area contributed by atoms with E-state index in [-0.39, 0.29) is 5.97 Å². The summed E-state index contributed by atoms with van der Waals surface area (Å²) in [6.07, 6.45) is 14.3. The van der Waals surface area contributed by atoms with Gasteiger partial charge < -0.3 is 9.47 Å².